The molecule has 0 aliphatic heterocycles. The number of aromatic nitrogens is 1. The SMILES string of the molecule is CCOCCCN(CC(=O)N(CCOC)Cc1cccn1C)C(=O)C1CCC1. The smallest absolute Gasteiger partial charge is 0.242 e. The lowest BCUT2D eigenvalue weighted by molar-refractivity contribution is -0.145. The van der Waals surface area contributed by atoms with Crippen LogP contribution in [0.5, 0.6) is 0 Å². The average Bonchev–Trinajstić information content (AvgIpc) is 3.04. The molecule has 2 rings (SSSR count). The van der Waals surface area contributed by atoms with Gasteiger partial charge in [0, 0.05) is 58.3 Å². The molecule has 0 aromatic carbocycles. The summed E-state index contributed by atoms with van der Waals surface area (Å²) < 4.78 is 12.6. The van der Waals surface area contributed by atoms with Gasteiger partial charge in [-0.05, 0) is 38.3 Å². The van der Waals surface area contributed by atoms with Gasteiger partial charge in [-0.25, -0.2) is 0 Å². The van der Waals surface area contributed by atoms with Crippen molar-refractivity contribution in [3.63, 3.8) is 0 Å². The molecule has 0 radical (unpaired) electrons. The van der Waals surface area contributed by atoms with E-state index in [9.17, 15) is 9.59 Å². The summed E-state index contributed by atoms with van der Waals surface area (Å²) in [5, 5.41) is 0. The first-order valence-electron chi connectivity index (χ1n) is 10.3. The van der Waals surface area contributed by atoms with Gasteiger partial charge < -0.3 is 23.8 Å². The molecule has 2 amide bonds. The van der Waals surface area contributed by atoms with Crippen molar-refractivity contribution < 1.29 is 19.1 Å². The van der Waals surface area contributed by atoms with Gasteiger partial charge in [0.1, 0.15) is 0 Å². The Hall–Kier alpha value is -1.86. The number of rotatable bonds is 13. The van der Waals surface area contributed by atoms with Gasteiger partial charge in [-0.2, -0.15) is 0 Å². The van der Waals surface area contributed by atoms with Crippen molar-refractivity contribution in [1.82, 2.24) is 14.4 Å². The topological polar surface area (TPSA) is 64.0 Å². The van der Waals surface area contributed by atoms with Gasteiger partial charge in [0.25, 0.3) is 0 Å². The molecule has 1 aromatic rings. The van der Waals surface area contributed by atoms with Crippen molar-refractivity contribution in [3.05, 3.63) is 24.0 Å². The Morgan fingerprint density at radius 3 is 2.57 bits per heavy atom. The molecule has 0 unspecified atom stereocenters. The first-order valence-corrected chi connectivity index (χ1v) is 10.3. The summed E-state index contributed by atoms with van der Waals surface area (Å²) >= 11 is 0. The predicted octanol–water partition coefficient (Wildman–Crippen LogP) is 2.06. The van der Waals surface area contributed by atoms with Crippen molar-refractivity contribution >= 4 is 11.8 Å². The van der Waals surface area contributed by atoms with Crippen LogP contribution in [0.4, 0.5) is 0 Å². The number of carbonyl (C=O) groups is 2. The zero-order chi connectivity index (χ0) is 20.4. The molecule has 0 N–H and O–H groups in total. The molecule has 1 aliphatic rings. The zero-order valence-corrected chi connectivity index (χ0v) is 17.6. The second kappa shape index (κ2) is 11.9. The summed E-state index contributed by atoms with van der Waals surface area (Å²) in [6, 6.07) is 3.97. The Balaban J connectivity index is 2.00. The van der Waals surface area contributed by atoms with E-state index in [0.717, 1.165) is 31.4 Å². The van der Waals surface area contributed by atoms with E-state index < -0.39 is 0 Å². The largest absolute Gasteiger partial charge is 0.383 e. The molecule has 1 saturated carbocycles. The van der Waals surface area contributed by atoms with Crippen LogP contribution >= 0.6 is 0 Å². The first-order chi connectivity index (χ1) is 13.6. The van der Waals surface area contributed by atoms with E-state index >= 15 is 0 Å². The van der Waals surface area contributed by atoms with E-state index in [-0.39, 0.29) is 24.3 Å². The van der Waals surface area contributed by atoms with E-state index in [2.05, 4.69) is 0 Å². The van der Waals surface area contributed by atoms with E-state index in [1.807, 2.05) is 36.9 Å². The second-order valence-electron chi connectivity index (χ2n) is 7.36. The highest BCUT2D eigenvalue weighted by Gasteiger charge is 2.31. The number of methoxy groups -OCH3 is 1. The molecule has 158 valence electrons. The van der Waals surface area contributed by atoms with Gasteiger partial charge in [0.2, 0.25) is 11.8 Å². The molecule has 0 atom stereocenters. The molecule has 1 aromatic heterocycles. The van der Waals surface area contributed by atoms with Crippen LogP contribution in [-0.2, 0) is 32.7 Å². The monoisotopic (exact) mass is 393 g/mol. The van der Waals surface area contributed by atoms with E-state index in [1.54, 1.807) is 16.9 Å². The fourth-order valence-electron chi connectivity index (χ4n) is 3.30. The summed E-state index contributed by atoms with van der Waals surface area (Å²) in [5.74, 6) is 0.157. The minimum Gasteiger partial charge on any atom is -0.383 e. The Kier molecular flexibility index (Phi) is 9.50. The molecule has 7 nitrogen and oxygen atoms in total. The van der Waals surface area contributed by atoms with Crippen molar-refractivity contribution in [3.8, 4) is 0 Å². The molecule has 0 bridgehead atoms. The summed E-state index contributed by atoms with van der Waals surface area (Å²) in [5.41, 5.74) is 1.05. The first kappa shape index (κ1) is 22.4. The summed E-state index contributed by atoms with van der Waals surface area (Å²) in [6.07, 6.45) is 5.69. The van der Waals surface area contributed by atoms with Gasteiger partial charge in [-0.15, -0.1) is 0 Å². The van der Waals surface area contributed by atoms with Crippen LogP contribution < -0.4 is 0 Å². The number of hydrogen-bond donors (Lipinski definition) is 0. The summed E-state index contributed by atoms with van der Waals surface area (Å²) in [4.78, 5) is 29.4. The fourth-order valence-corrected chi connectivity index (χ4v) is 3.30. The number of hydrogen-bond acceptors (Lipinski definition) is 4. The van der Waals surface area contributed by atoms with Crippen LogP contribution in [0.2, 0.25) is 0 Å². The van der Waals surface area contributed by atoms with Crippen LogP contribution in [0.3, 0.4) is 0 Å². The molecular formula is C21H35N3O4. The molecule has 1 heterocycles. The molecule has 7 heteroatoms. The number of ether oxygens (including phenoxy) is 2. The van der Waals surface area contributed by atoms with Crippen molar-refractivity contribution in [2.45, 2.75) is 39.2 Å². The standard InChI is InChI=1S/C21H35N3O4/c1-4-28-14-7-12-24(21(26)18-8-5-9-18)17-20(25)23(13-15-27-3)16-19-10-6-11-22(19)2/h6,10-11,18H,4-5,7-9,12-17H2,1-3H3. The van der Waals surface area contributed by atoms with Crippen molar-refractivity contribution in [2.24, 2.45) is 13.0 Å². The zero-order valence-electron chi connectivity index (χ0n) is 17.6. The van der Waals surface area contributed by atoms with Crippen LogP contribution in [0.15, 0.2) is 18.3 Å². The normalized spacial score (nSPS) is 14.0. The van der Waals surface area contributed by atoms with Crippen molar-refractivity contribution in [1.29, 1.82) is 0 Å². The van der Waals surface area contributed by atoms with Crippen LogP contribution in [0.1, 0.15) is 38.3 Å². The lowest BCUT2D eigenvalue weighted by atomic mass is 9.84. The third kappa shape index (κ3) is 6.63. The third-order valence-electron chi connectivity index (χ3n) is 5.34. The quantitative estimate of drug-likeness (QED) is 0.481. The maximum absolute atomic E-state index is 13.1. The number of amides is 2. The third-order valence-corrected chi connectivity index (χ3v) is 5.34. The van der Waals surface area contributed by atoms with Crippen molar-refractivity contribution in [2.75, 3.05) is 46.6 Å². The van der Waals surface area contributed by atoms with E-state index in [1.165, 1.54) is 0 Å². The van der Waals surface area contributed by atoms with Crippen LogP contribution in [0, 0.1) is 5.92 Å². The Bertz CT molecular complexity index is 613. The highest BCUT2D eigenvalue weighted by molar-refractivity contribution is 5.86. The molecule has 28 heavy (non-hydrogen) atoms. The minimum absolute atomic E-state index is 0.0395. The average molecular weight is 394 g/mol. The maximum Gasteiger partial charge on any atom is 0.242 e. The number of aryl methyl sites for hydroxylation is 1. The van der Waals surface area contributed by atoms with Gasteiger partial charge >= 0.3 is 0 Å². The van der Waals surface area contributed by atoms with Gasteiger partial charge in [0.05, 0.1) is 19.7 Å². The van der Waals surface area contributed by atoms with E-state index in [0.29, 0.717) is 39.5 Å². The van der Waals surface area contributed by atoms with Crippen LogP contribution in [-0.4, -0.2) is 72.7 Å². The fraction of sp³-hybridized carbons (Fsp3) is 0.714. The van der Waals surface area contributed by atoms with Crippen LogP contribution in [0.25, 0.3) is 0 Å². The lowest BCUT2D eigenvalue weighted by Gasteiger charge is -2.33. The predicted molar refractivity (Wildman–Crippen MR) is 108 cm³/mol. The second-order valence-corrected chi connectivity index (χ2v) is 7.36. The number of nitrogens with zero attached hydrogens (tertiary/aromatic N) is 3. The Labute approximate surface area is 168 Å². The Morgan fingerprint density at radius 1 is 1.21 bits per heavy atom. The molecular weight excluding hydrogens is 358 g/mol. The highest BCUT2D eigenvalue weighted by atomic mass is 16.5. The number of carbonyl (C=O) groups excluding carboxylic acids is 2. The molecule has 0 spiro atoms. The molecule has 1 fully saturated rings. The van der Waals surface area contributed by atoms with Gasteiger partial charge in [-0.1, -0.05) is 6.42 Å². The minimum atomic E-state index is -0.0395. The molecule has 1 aliphatic carbocycles. The summed E-state index contributed by atoms with van der Waals surface area (Å²) in [7, 11) is 3.60. The van der Waals surface area contributed by atoms with Gasteiger partial charge in [0.15, 0.2) is 0 Å². The van der Waals surface area contributed by atoms with E-state index in [4.69, 9.17) is 9.47 Å². The highest BCUT2D eigenvalue weighted by Crippen LogP contribution is 2.28. The molecule has 0 saturated heterocycles. The lowest BCUT2D eigenvalue weighted by Crippen LogP contribution is -2.47. The van der Waals surface area contributed by atoms with Gasteiger partial charge in [-0.3, -0.25) is 9.59 Å². The summed E-state index contributed by atoms with van der Waals surface area (Å²) in [6.45, 7) is 5.39. The maximum atomic E-state index is 13.1. The Morgan fingerprint density at radius 2 is 2.00 bits per heavy atom.